The maximum atomic E-state index is 10.0. The Morgan fingerprint density at radius 2 is 1.79 bits per heavy atom. The van der Waals surface area contributed by atoms with Gasteiger partial charge in [0.25, 0.3) is 0 Å². The van der Waals surface area contributed by atoms with Gasteiger partial charge in [-0.25, -0.2) is 0 Å². The lowest BCUT2D eigenvalue weighted by Crippen LogP contribution is -2.67. The van der Waals surface area contributed by atoms with Gasteiger partial charge in [-0.2, -0.15) is 0 Å². The fourth-order valence-electron chi connectivity index (χ4n) is 1.90. The van der Waals surface area contributed by atoms with Gasteiger partial charge in [-0.1, -0.05) is 13.8 Å². The van der Waals surface area contributed by atoms with Crippen molar-refractivity contribution in [3.63, 3.8) is 0 Å². The Morgan fingerprint density at radius 1 is 1.29 bits per heavy atom. The molecule has 1 fully saturated rings. The Kier molecular flexibility index (Phi) is 2.94. The molecule has 0 aromatic carbocycles. The first kappa shape index (κ1) is 11.9. The molecule has 1 rings (SSSR count). The van der Waals surface area contributed by atoms with Gasteiger partial charge in [-0.05, 0) is 13.8 Å². The second kappa shape index (κ2) is 3.45. The van der Waals surface area contributed by atoms with Crippen LogP contribution in [0.15, 0.2) is 0 Å². The molecule has 1 aliphatic rings. The molecule has 1 heterocycles. The fourth-order valence-corrected chi connectivity index (χ4v) is 1.90. The first-order valence-corrected chi connectivity index (χ1v) is 4.96. The van der Waals surface area contributed by atoms with Crippen LogP contribution in [0.5, 0.6) is 0 Å². The third kappa shape index (κ3) is 1.67. The molecule has 4 N–H and O–H groups in total. The van der Waals surface area contributed by atoms with E-state index in [2.05, 4.69) is 0 Å². The monoisotopic (exact) mass is 203 g/mol. The van der Waals surface area contributed by atoms with E-state index in [-0.39, 0.29) is 12.7 Å². The summed E-state index contributed by atoms with van der Waals surface area (Å²) in [7, 11) is 0. The van der Waals surface area contributed by atoms with Crippen LogP contribution in [0.1, 0.15) is 27.7 Å². The molecule has 4 nitrogen and oxygen atoms in total. The first-order valence-electron chi connectivity index (χ1n) is 4.96. The van der Waals surface area contributed by atoms with Gasteiger partial charge in [-0.3, -0.25) is 0 Å². The maximum absolute atomic E-state index is 10.0. The van der Waals surface area contributed by atoms with E-state index in [0.29, 0.717) is 0 Å². The third-order valence-corrected chi connectivity index (χ3v) is 3.35. The van der Waals surface area contributed by atoms with Crippen LogP contribution in [-0.4, -0.2) is 40.7 Å². The number of aliphatic hydroxyl groups is 2. The van der Waals surface area contributed by atoms with Crippen molar-refractivity contribution >= 4 is 0 Å². The minimum atomic E-state index is -0.664. The lowest BCUT2D eigenvalue weighted by Gasteiger charge is -2.52. The lowest BCUT2D eigenvalue weighted by molar-refractivity contribution is -0.229. The minimum Gasteiger partial charge on any atom is -0.394 e. The van der Waals surface area contributed by atoms with Crippen molar-refractivity contribution in [2.24, 2.45) is 11.1 Å². The highest BCUT2D eigenvalue weighted by atomic mass is 16.5. The Bertz CT molecular complexity index is 211. The van der Waals surface area contributed by atoms with Crippen LogP contribution in [0.25, 0.3) is 0 Å². The Hall–Kier alpha value is -0.160. The van der Waals surface area contributed by atoms with Crippen molar-refractivity contribution in [3.05, 3.63) is 0 Å². The quantitative estimate of drug-likeness (QED) is 0.555. The molecule has 0 saturated carbocycles. The Morgan fingerprint density at radius 3 is 2.21 bits per heavy atom. The van der Waals surface area contributed by atoms with Gasteiger partial charge in [0.15, 0.2) is 0 Å². The van der Waals surface area contributed by atoms with E-state index >= 15 is 0 Å². The van der Waals surface area contributed by atoms with Crippen LogP contribution in [0.3, 0.4) is 0 Å². The smallest absolute Gasteiger partial charge is 0.0889 e. The minimum absolute atomic E-state index is 0.0970. The summed E-state index contributed by atoms with van der Waals surface area (Å²) >= 11 is 0. The normalized spacial score (nSPS) is 40.9. The van der Waals surface area contributed by atoms with Gasteiger partial charge in [-0.15, -0.1) is 0 Å². The van der Waals surface area contributed by atoms with E-state index in [1.54, 1.807) is 0 Å². The number of nitrogens with two attached hydrogens (primary N) is 1. The van der Waals surface area contributed by atoms with Gasteiger partial charge in [0, 0.05) is 5.41 Å². The summed E-state index contributed by atoms with van der Waals surface area (Å²) < 4.78 is 5.69. The summed E-state index contributed by atoms with van der Waals surface area (Å²) in [5, 5.41) is 19.2. The van der Waals surface area contributed by atoms with E-state index in [0.717, 1.165) is 0 Å². The van der Waals surface area contributed by atoms with Gasteiger partial charge in [0.2, 0.25) is 0 Å². The van der Waals surface area contributed by atoms with Crippen LogP contribution < -0.4 is 5.73 Å². The van der Waals surface area contributed by atoms with Crippen molar-refractivity contribution in [2.75, 3.05) is 6.61 Å². The van der Waals surface area contributed by atoms with Crippen molar-refractivity contribution in [1.29, 1.82) is 0 Å². The third-order valence-electron chi connectivity index (χ3n) is 3.35. The van der Waals surface area contributed by atoms with E-state index in [4.69, 9.17) is 10.5 Å². The fraction of sp³-hybridized carbons (Fsp3) is 1.00. The summed E-state index contributed by atoms with van der Waals surface area (Å²) in [4.78, 5) is 0. The second-order valence-corrected chi connectivity index (χ2v) is 5.18. The molecule has 0 spiro atoms. The second-order valence-electron chi connectivity index (χ2n) is 5.18. The van der Waals surface area contributed by atoms with Crippen LogP contribution >= 0.6 is 0 Å². The molecule has 3 atom stereocenters. The summed E-state index contributed by atoms with van der Waals surface area (Å²) in [6, 6.07) is -0.430. The number of hydrogen-bond donors (Lipinski definition) is 3. The summed E-state index contributed by atoms with van der Waals surface area (Å²) in [5.74, 6) is 0. The van der Waals surface area contributed by atoms with Crippen LogP contribution in [0, 0.1) is 5.41 Å². The number of hydrogen-bond acceptors (Lipinski definition) is 4. The van der Waals surface area contributed by atoms with Crippen LogP contribution in [-0.2, 0) is 4.74 Å². The lowest BCUT2D eigenvalue weighted by atomic mass is 9.71. The molecular formula is C10H21NO3. The number of ether oxygens (including phenoxy) is 1. The molecule has 84 valence electrons. The maximum Gasteiger partial charge on any atom is 0.0889 e. The number of rotatable bonds is 1. The van der Waals surface area contributed by atoms with Gasteiger partial charge in [0.1, 0.15) is 0 Å². The topological polar surface area (TPSA) is 75.7 Å². The van der Waals surface area contributed by atoms with Crippen LogP contribution in [0.2, 0.25) is 0 Å². The van der Waals surface area contributed by atoms with Crippen molar-refractivity contribution in [2.45, 2.75) is 51.5 Å². The molecule has 0 amide bonds. The zero-order valence-corrected chi connectivity index (χ0v) is 9.32. The Balaban J connectivity index is 2.95. The van der Waals surface area contributed by atoms with Crippen LogP contribution in [0.4, 0.5) is 0 Å². The molecule has 0 aromatic rings. The molecule has 0 bridgehead atoms. The molecular weight excluding hydrogens is 182 g/mol. The Labute approximate surface area is 85.1 Å². The molecule has 1 aliphatic heterocycles. The first-order chi connectivity index (χ1) is 6.23. The van der Waals surface area contributed by atoms with Gasteiger partial charge in [0.05, 0.1) is 30.5 Å². The average molecular weight is 203 g/mol. The molecule has 0 radical (unpaired) electrons. The predicted octanol–water partition coefficient (Wildman–Crippen LogP) is -0.130. The standard InChI is InChI=1S/C10H21NO3/c1-9(2)6(5-12)14-10(3,4)7(11)8(9)13/h6-8,12-13H,5,11H2,1-4H3/t6?,7?,8-/m0/s1. The predicted molar refractivity (Wildman–Crippen MR) is 53.8 cm³/mol. The molecule has 0 aliphatic carbocycles. The van der Waals surface area contributed by atoms with E-state index in [1.165, 1.54) is 0 Å². The molecule has 2 unspecified atom stereocenters. The van der Waals surface area contributed by atoms with Crippen molar-refractivity contribution in [3.8, 4) is 0 Å². The van der Waals surface area contributed by atoms with E-state index in [9.17, 15) is 10.2 Å². The number of aliphatic hydroxyl groups excluding tert-OH is 2. The highest BCUT2D eigenvalue weighted by Gasteiger charge is 2.51. The van der Waals surface area contributed by atoms with Gasteiger partial charge >= 0.3 is 0 Å². The molecule has 4 heteroatoms. The highest BCUT2D eigenvalue weighted by Crippen LogP contribution is 2.39. The SMILES string of the molecule is CC1(C)OC(CO)C(C)(C)[C@@H](O)C1N. The van der Waals surface area contributed by atoms with Crippen molar-refractivity contribution < 1.29 is 14.9 Å². The molecule has 14 heavy (non-hydrogen) atoms. The largest absolute Gasteiger partial charge is 0.394 e. The molecule has 0 aromatic heterocycles. The average Bonchev–Trinajstić information content (AvgIpc) is 2.09. The summed E-state index contributed by atoms with van der Waals surface area (Å²) in [5.41, 5.74) is 4.79. The van der Waals surface area contributed by atoms with Crippen molar-refractivity contribution in [1.82, 2.24) is 0 Å². The van der Waals surface area contributed by atoms with Gasteiger partial charge < -0.3 is 20.7 Å². The summed E-state index contributed by atoms with van der Waals surface area (Å²) in [6.45, 7) is 7.28. The van der Waals surface area contributed by atoms with E-state index < -0.39 is 23.2 Å². The molecule has 1 saturated heterocycles. The zero-order valence-electron chi connectivity index (χ0n) is 9.32. The highest BCUT2D eigenvalue weighted by molar-refractivity contribution is 5.03. The summed E-state index contributed by atoms with van der Waals surface area (Å²) in [6.07, 6.45) is -1.03. The zero-order chi connectivity index (χ0) is 11.1. The van der Waals surface area contributed by atoms with E-state index in [1.807, 2.05) is 27.7 Å².